The molecule has 0 saturated carbocycles. The lowest BCUT2D eigenvalue weighted by Gasteiger charge is -2.11. The number of alkyl halides is 2. The molecule has 4 aromatic rings. The molecule has 11 heteroatoms. The van der Waals surface area contributed by atoms with Gasteiger partial charge in [-0.05, 0) is 70.9 Å². The molecule has 0 bridgehead atoms. The van der Waals surface area contributed by atoms with Crippen LogP contribution in [-0.4, -0.2) is 30.5 Å². The average molecular weight is 517 g/mol. The fraction of sp³-hybridized carbons (Fsp3) is 0.360. The van der Waals surface area contributed by atoms with Crippen molar-refractivity contribution in [2.45, 2.75) is 61.2 Å². The van der Waals surface area contributed by atoms with Crippen LogP contribution >= 0.6 is 11.6 Å². The maximum atomic E-state index is 13.6. The summed E-state index contributed by atoms with van der Waals surface area (Å²) in [6.07, 6.45) is -2.67. The highest BCUT2D eigenvalue weighted by Gasteiger charge is 2.21. The highest BCUT2D eigenvalue weighted by atomic mass is 35.5. The summed E-state index contributed by atoms with van der Waals surface area (Å²) >= 11 is 6.23. The van der Waals surface area contributed by atoms with Gasteiger partial charge in [0.25, 0.3) is 6.43 Å². The lowest BCUT2D eigenvalue weighted by Crippen LogP contribution is -2.20. The molecule has 36 heavy (non-hydrogen) atoms. The van der Waals surface area contributed by atoms with Crippen molar-refractivity contribution in [3.63, 3.8) is 0 Å². The first-order chi connectivity index (χ1) is 17.0. The number of pyridine rings is 1. The Labute approximate surface area is 212 Å². The van der Waals surface area contributed by atoms with Gasteiger partial charge in [0, 0.05) is 16.3 Å². The Morgan fingerprint density at radius 2 is 1.67 bits per heavy atom. The van der Waals surface area contributed by atoms with E-state index in [9.17, 15) is 13.6 Å². The molecular formula is C25H27ClF2N6O2. The van der Waals surface area contributed by atoms with Gasteiger partial charge in [-0.15, -0.1) is 0 Å². The number of halogens is 3. The van der Waals surface area contributed by atoms with E-state index in [1.54, 1.807) is 25.5 Å². The van der Waals surface area contributed by atoms with Gasteiger partial charge in [0.1, 0.15) is 12.3 Å². The largest absolute Gasteiger partial charge is 0.471 e. The number of aromatic nitrogens is 5. The van der Waals surface area contributed by atoms with Crippen molar-refractivity contribution in [2.24, 2.45) is 0 Å². The molecule has 1 aromatic carbocycles. The molecule has 3 aromatic heterocycles. The SMILES string of the molecule is Cc1cc(C(F)F)c2c(C)nn(CC(=O)Nc3c(C)nn(COc4cc(C)c(Cl)c(C)c4)c3C)c2n1. The lowest BCUT2D eigenvalue weighted by atomic mass is 10.1. The van der Waals surface area contributed by atoms with Gasteiger partial charge in [-0.3, -0.25) is 4.79 Å². The van der Waals surface area contributed by atoms with Gasteiger partial charge in [-0.2, -0.15) is 10.2 Å². The van der Waals surface area contributed by atoms with Crippen LogP contribution in [0, 0.1) is 41.5 Å². The van der Waals surface area contributed by atoms with E-state index in [1.807, 2.05) is 32.9 Å². The monoisotopic (exact) mass is 516 g/mol. The smallest absolute Gasteiger partial charge is 0.264 e. The highest BCUT2D eigenvalue weighted by molar-refractivity contribution is 6.32. The molecule has 0 aliphatic rings. The minimum Gasteiger partial charge on any atom is -0.471 e. The van der Waals surface area contributed by atoms with Crippen LogP contribution in [0.3, 0.4) is 0 Å². The second-order valence-corrected chi connectivity index (χ2v) is 9.21. The maximum Gasteiger partial charge on any atom is 0.264 e. The third-order valence-corrected chi connectivity index (χ3v) is 6.57. The van der Waals surface area contributed by atoms with Crippen molar-refractivity contribution in [3.05, 3.63) is 62.7 Å². The van der Waals surface area contributed by atoms with Gasteiger partial charge < -0.3 is 10.1 Å². The summed E-state index contributed by atoms with van der Waals surface area (Å²) in [5, 5.41) is 12.6. The van der Waals surface area contributed by atoms with Crippen LogP contribution < -0.4 is 10.1 Å². The van der Waals surface area contributed by atoms with Crippen molar-refractivity contribution < 1.29 is 18.3 Å². The topological polar surface area (TPSA) is 86.9 Å². The first-order valence-corrected chi connectivity index (χ1v) is 11.7. The number of rotatable bonds is 7. The fourth-order valence-electron chi connectivity index (χ4n) is 4.24. The highest BCUT2D eigenvalue weighted by Crippen LogP contribution is 2.30. The number of fused-ring (bicyclic) bond motifs is 1. The summed E-state index contributed by atoms with van der Waals surface area (Å²) in [4.78, 5) is 17.3. The minimum absolute atomic E-state index is 0.138. The molecule has 0 aliphatic carbocycles. The number of nitrogens with one attached hydrogen (secondary N) is 1. The number of benzene rings is 1. The predicted octanol–water partition coefficient (Wildman–Crippen LogP) is 5.74. The fourth-order valence-corrected chi connectivity index (χ4v) is 4.35. The quantitative estimate of drug-likeness (QED) is 0.338. The third-order valence-electron chi connectivity index (χ3n) is 5.97. The summed E-state index contributed by atoms with van der Waals surface area (Å²) in [6.45, 7) is 10.6. The van der Waals surface area contributed by atoms with Crippen LogP contribution in [0.1, 0.15) is 45.9 Å². The van der Waals surface area contributed by atoms with Crippen molar-refractivity contribution >= 4 is 34.2 Å². The summed E-state index contributed by atoms with van der Waals surface area (Å²) in [6, 6.07) is 5.06. The Bertz CT molecular complexity index is 1450. The van der Waals surface area contributed by atoms with Crippen LogP contribution in [0.15, 0.2) is 18.2 Å². The lowest BCUT2D eigenvalue weighted by molar-refractivity contribution is -0.116. The van der Waals surface area contributed by atoms with Gasteiger partial charge in [0.05, 0.1) is 28.2 Å². The molecule has 0 unspecified atom stereocenters. The molecule has 0 fully saturated rings. The standard InChI is InChI=1S/C25H27ClF2N6O2/c1-12-7-18(8-13(2)22(12)26)36-11-34-17(6)23(16(5)32-34)30-20(35)10-33-25-21(15(4)31-33)19(24(27)28)9-14(3)29-25/h7-9,24H,10-11H2,1-6H3,(H,30,35). The second-order valence-electron chi connectivity index (χ2n) is 8.83. The number of nitrogens with zero attached hydrogens (tertiary/aromatic N) is 5. The first kappa shape index (κ1) is 25.6. The zero-order chi connectivity index (χ0) is 26.3. The molecule has 0 atom stereocenters. The maximum absolute atomic E-state index is 13.6. The van der Waals surface area contributed by atoms with Gasteiger partial charge in [-0.1, -0.05) is 11.6 Å². The minimum atomic E-state index is -2.67. The van der Waals surface area contributed by atoms with Crippen molar-refractivity contribution in [1.82, 2.24) is 24.5 Å². The van der Waals surface area contributed by atoms with Crippen LogP contribution in [0.2, 0.25) is 5.02 Å². The van der Waals surface area contributed by atoms with Crippen LogP contribution in [0.5, 0.6) is 5.75 Å². The van der Waals surface area contributed by atoms with Crippen LogP contribution in [0.25, 0.3) is 11.0 Å². The van der Waals surface area contributed by atoms with Crippen LogP contribution in [0.4, 0.5) is 14.5 Å². The number of hydrogen-bond donors (Lipinski definition) is 1. The zero-order valence-electron chi connectivity index (χ0n) is 20.9. The summed E-state index contributed by atoms with van der Waals surface area (Å²) in [7, 11) is 0. The number of amides is 1. The number of anilines is 1. The van der Waals surface area contributed by atoms with E-state index < -0.39 is 6.43 Å². The van der Waals surface area contributed by atoms with E-state index in [0.29, 0.717) is 39.2 Å². The molecule has 0 saturated heterocycles. The van der Waals surface area contributed by atoms with Gasteiger partial charge in [-0.25, -0.2) is 23.1 Å². The predicted molar refractivity (Wildman–Crippen MR) is 134 cm³/mol. The summed E-state index contributed by atoms with van der Waals surface area (Å²) in [5.74, 6) is 0.288. The molecular weight excluding hydrogens is 490 g/mol. The van der Waals surface area contributed by atoms with E-state index >= 15 is 0 Å². The number of carbonyl (C=O) groups is 1. The molecule has 0 spiro atoms. The normalized spacial score (nSPS) is 11.5. The average Bonchev–Trinajstić information content (AvgIpc) is 3.25. The first-order valence-electron chi connectivity index (χ1n) is 11.3. The summed E-state index contributed by atoms with van der Waals surface area (Å²) < 4.78 is 36.0. The second kappa shape index (κ2) is 9.85. The Balaban J connectivity index is 1.52. The van der Waals surface area contributed by atoms with E-state index in [2.05, 4.69) is 20.5 Å². The molecule has 1 N–H and O–H groups in total. The van der Waals surface area contributed by atoms with E-state index in [-0.39, 0.29) is 35.8 Å². The molecule has 1 amide bonds. The van der Waals surface area contributed by atoms with Gasteiger partial charge in [0.15, 0.2) is 12.4 Å². The van der Waals surface area contributed by atoms with Crippen molar-refractivity contribution in [2.75, 3.05) is 5.32 Å². The Morgan fingerprint density at radius 3 is 2.31 bits per heavy atom. The van der Waals surface area contributed by atoms with E-state index in [1.165, 1.54) is 10.7 Å². The molecule has 0 radical (unpaired) electrons. The Kier molecular flexibility index (Phi) is 6.99. The molecule has 3 heterocycles. The molecule has 8 nitrogen and oxygen atoms in total. The number of ether oxygens (including phenoxy) is 1. The number of carbonyl (C=O) groups excluding carboxylic acids is 1. The Hall–Kier alpha value is -3.53. The van der Waals surface area contributed by atoms with Gasteiger partial charge >= 0.3 is 0 Å². The van der Waals surface area contributed by atoms with E-state index in [0.717, 1.165) is 11.1 Å². The Morgan fingerprint density at radius 1 is 1.03 bits per heavy atom. The van der Waals surface area contributed by atoms with E-state index in [4.69, 9.17) is 16.3 Å². The molecule has 190 valence electrons. The zero-order valence-corrected chi connectivity index (χ0v) is 21.7. The molecule has 4 rings (SSSR count). The number of hydrogen-bond acceptors (Lipinski definition) is 5. The van der Waals surface area contributed by atoms with Gasteiger partial charge in [0.2, 0.25) is 5.91 Å². The van der Waals surface area contributed by atoms with Crippen LogP contribution in [-0.2, 0) is 18.1 Å². The molecule has 0 aliphatic heterocycles. The number of aryl methyl sites for hydroxylation is 5. The van der Waals surface area contributed by atoms with Crippen molar-refractivity contribution in [3.8, 4) is 5.75 Å². The third kappa shape index (κ3) is 4.90. The van der Waals surface area contributed by atoms with Crippen molar-refractivity contribution in [1.29, 1.82) is 0 Å². The summed E-state index contributed by atoms with van der Waals surface area (Å²) in [5.41, 5.74) is 4.65.